The van der Waals surface area contributed by atoms with Gasteiger partial charge in [-0.05, 0) is 55.3 Å². The van der Waals surface area contributed by atoms with Crippen molar-refractivity contribution >= 4 is 23.4 Å². The Bertz CT molecular complexity index is 1100. The van der Waals surface area contributed by atoms with E-state index < -0.39 is 0 Å². The van der Waals surface area contributed by atoms with Gasteiger partial charge in [-0.2, -0.15) is 0 Å². The molecule has 1 N–H and O–H groups in total. The van der Waals surface area contributed by atoms with Gasteiger partial charge < -0.3 is 14.8 Å². The number of nitrogens with one attached hydrogen (secondary N) is 1. The summed E-state index contributed by atoms with van der Waals surface area (Å²) in [5.74, 6) is 1.88. The van der Waals surface area contributed by atoms with Crippen molar-refractivity contribution in [2.75, 3.05) is 24.3 Å². The Hall–Kier alpha value is -3.07. The fourth-order valence-electron chi connectivity index (χ4n) is 3.40. The molecule has 0 bridgehead atoms. The fraction of sp³-hybridized carbons (Fsp3) is 0.318. The highest BCUT2D eigenvalue weighted by atomic mass is 32.2. The molecule has 31 heavy (non-hydrogen) atoms. The summed E-state index contributed by atoms with van der Waals surface area (Å²) in [6.07, 6.45) is 2.97. The lowest BCUT2D eigenvalue weighted by Crippen LogP contribution is -2.14. The number of nitrogens with zero attached hydrogens (tertiary/aromatic N) is 3. The third kappa shape index (κ3) is 4.51. The Morgan fingerprint density at radius 2 is 1.87 bits per heavy atom. The van der Waals surface area contributed by atoms with Crippen molar-refractivity contribution in [3.05, 3.63) is 48.3 Å². The van der Waals surface area contributed by atoms with Crippen molar-refractivity contribution in [2.45, 2.75) is 30.5 Å². The summed E-state index contributed by atoms with van der Waals surface area (Å²) in [5, 5.41) is 12.2. The van der Waals surface area contributed by atoms with Crippen molar-refractivity contribution in [3.8, 4) is 22.9 Å². The number of amides is 1. The van der Waals surface area contributed by atoms with Gasteiger partial charge in [-0.15, -0.1) is 10.2 Å². The van der Waals surface area contributed by atoms with Crippen molar-refractivity contribution in [1.82, 2.24) is 14.8 Å². The molecule has 3 aromatic rings. The van der Waals surface area contributed by atoms with Crippen LogP contribution in [0.3, 0.4) is 0 Å². The van der Waals surface area contributed by atoms with E-state index in [9.17, 15) is 9.18 Å². The highest BCUT2D eigenvalue weighted by molar-refractivity contribution is 7.99. The van der Waals surface area contributed by atoms with Crippen LogP contribution in [0.25, 0.3) is 11.4 Å². The normalized spacial score (nSPS) is 15.4. The molecule has 0 radical (unpaired) electrons. The standard InChI is InChI=1S/C22H21FN4O3S/c23-15-3-5-16(6-4-15)24-20(28)13-31-22-26-25-21(27(22)17-7-8-17)14-2-9-18-19(12-14)30-11-1-10-29-18/h2-6,9,12,17H,1,7-8,10-11,13H2,(H,24,28). The minimum Gasteiger partial charge on any atom is -0.490 e. The second-order valence-corrected chi connectivity index (χ2v) is 8.41. The molecule has 1 fully saturated rings. The van der Waals surface area contributed by atoms with Gasteiger partial charge in [-0.3, -0.25) is 9.36 Å². The zero-order valence-electron chi connectivity index (χ0n) is 16.7. The number of carbonyl (C=O) groups excluding carboxylic acids is 1. The molecule has 2 aromatic carbocycles. The van der Waals surface area contributed by atoms with Crippen LogP contribution in [-0.2, 0) is 4.79 Å². The average molecular weight is 441 g/mol. The monoisotopic (exact) mass is 440 g/mol. The predicted molar refractivity (Wildman–Crippen MR) is 115 cm³/mol. The number of carbonyl (C=O) groups is 1. The summed E-state index contributed by atoms with van der Waals surface area (Å²) in [6, 6.07) is 11.8. The number of benzene rings is 2. The lowest BCUT2D eigenvalue weighted by Gasteiger charge is -2.11. The van der Waals surface area contributed by atoms with Crippen molar-refractivity contribution in [2.24, 2.45) is 0 Å². The van der Waals surface area contributed by atoms with E-state index in [-0.39, 0.29) is 17.5 Å². The molecule has 1 saturated carbocycles. The molecule has 5 rings (SSSR count). The number of aromatic nitrogens is 3. The van der Waals surface area contributed by atoms with Crippen LogP contribution in [0, 0.1) is 5.82 Å². The molecule has 7 nitrogen and oxygen atoms in total. The van der Waals surface area contributed by atoms with Crippen molar-refractivity contribution in [1.29, 1.82) is 0 Å². The van der Waals surface area contributed by atoms with Crippen molar-refractivity contribution in [3.63, 3.8) is 0 Å². The van der Waals surface area contributed by atoms with E-state index in [4.69, 9.17) is 9.47 Å². The number of thioether (sulfide) groups is 1. The summed E-state index contributed by atoms with van der Waals surface area (Å²) in [5.41, 5.74) is 1.47. The molecule has 0 atom stereocenters. The summed E-state index contributed by atoms with van der Waals surface area (Å²) >= 11 is 1.34. The molecule has 160 valence electrons. The number of halogens is 1. The first-order valence-electron chi connectivity index (χ1n) is 10.2. The van der Waals surface area contributed by atoms with Gasteiger partial charge in [-0.25, -0.2) is 4.39 Å². The number of ether oxygens (including phenoxy) is 2. The number of fused-ring (bicyclic) bond motifs is 1. The molecule has 9 heteroatoms. The summed E-state index contributed by atoms with van der Waals surface area (Å²) in [7, 11) is 0. The molecule has 0 spiro atoms. The predicted octanol–water partition coefficient (Wildman–Crippen LogP) is 4.31. The molecular formula is C22H21FN4O3S. The molecule has 2 aliphatic rings. The van der Waals surface area contributed by atoms with Crippen LogP contribution in [-0.4, -0.2) is 39.6 Å². The number of anilines is 1. The number of hydrogen-bond acceptors (Lipinski definition) is 6. The van der Waals surface area contributed by atoms with E-state index in [1.807, 2.05) is 18.2 Å². The molecular weight excluding hydrogens is 419 g/mol. The van der Waals surface area contributed by atoms with E-state index in [1.54, 1.807) is 0 Å². The first kappa shape index (κ1) is 19.9. The van der Waals surface area contributed by atoms with Crippen LogP contribution in [0.15, 0.2) is 47.6 Å². The Labute approximate surface area is 183 Å². The molecule has 2 heterocycles. The maximum atomic E-state index is 13.0. The first-order chi connectivity index (χ1) is 15.2. The zero-order valence-corrected chi connectivity index (χ0v) is 17.5. The topological polar surface area (TPSA) is 78.3 Å². The van der Waals surface area contributed by atoms with E-state index in [0.717, 1.165) is 36.4 Å². The number of hydrogen-bond donors (Lipinski definition) is 1. The van der Waals surface area contributed by atoms with E-state index in [0.29, 0.717) is 35.8 Å². The van der Waals surface area contributed by atoms with Crippen LogP contribution < -0.4 is 14.8 Å². The minimum atomic E-state index is -0.341. The van der Waals surface area contributed by atoms with Gasteiger partial charge in [0.05, 0.1) is 19.0 Å². The fourth-order valence-corrected chi connectivity index (χ4v) is 4.20. The third-order valence-corrected chi connectivity index (χ3v) is 5.99. The second-order valence-electron chi connectivity index (χ2n) is 7.46. The summed E-state index contributed by atoms with van der Waals surface area (Å²) < 4.78 is 26.7. The third-order valence-electron chi connectivity index (χ3n) is 5.04. The van der Waals surface area contributed by atoms with Gasteiger partial charge in [0.15, 0.2) is 22.5 Å². The van der Waals surface area contributed by atoms with Gasteiger partial charge in [0.25, 0.3) is 0 Å². The maximum Gasteiger partial charge on any atom is 0.234 e. The maximum absolute atomic E-state index is 13.0. The molecule has 1 aromatic heterocycles. The Balaban J connectivity index is 1.32. The van der Waals surface area contributed by atoms with Crippen LogP contribution in [0.4, 0.5) is 10.1 Å². The highest BCUT2D eigenvalue weighted by Gasteiger charge is 2.30. The molecule has 0 saturated heterocycles. The minimum absolute atomic E-state index is 0.181. The van der Waals surface area contributed by atoms with Gasteiger partial charge in [0.1, 0.15) is 5.82 Å². The lowest BCUT2D eigenvalue weighted by atomic mass is 10.2. The average Bonchev–Trinajstić information content (AvgIpc) is 3.57. The van der Waals surface area contributed by atoms with Crippen LogP contribution in [0.5, 0.6) is 11.5 Å². The summed E-state index contributed by atoms with van der Waals surface area (Å²) in [6.45, 7) is 1.27. The van der Waals surface area contributed by atoms with Crippen LogP contribution in [0.1, 0.15) is 25.3 Å². The van der Waals surface area contributed by atoms with E-state index in [1.165, 1.54) is 36.0 Å². The van der Waals surface area contributed by atoms with Crippen LogP contribution in [0.2, 0.25) is 0 Å². The number of rotatable bonds is 6. The lowest BCUT2D eigenvalue weighted by molar-refractivity contribution is -0.113. The molecule has 1 amide bonds. The smallest absolute Gasteiger partial charge is 0.234 e. The quantitative estimate of drug-likeness (QED) is 0.576. The second kappa shape index (κ2) is 8.58. The van der Waals surface area contributed by atoms with Gasteiger partial charge in [0, 0.05) is 23.7 Å². The van der Waals surface area contributed by atoms with Gasteiger partial charge in [-0.1, -0.05) is 11.8 Å². The molecule has 1 aliphatic heterocycles. The Morgan fingerprint density at radius 3 is 2.65 bits per heavy atom. The largest absolute Gasteiger partial charge is 0.490 e. The van der Waals surface area contributed by atoms with Crippen LogP contribution >= 0.6 is 11.8 Å². The van der Waals surface area contributed by atoms with E-state index in [2.05, 4.69) is 20.1 Å². The van der Waals surface area contributed by atoms with E-state index >= 15 is 0 Å². The summed E-state index contributed by atoms with van der Waals surface area (Å²) in [4.78, 5) is 12.3. The van der Waals surface area contributed by atoms with Crippen molar-refractivity contribution < 1.29 is 18.7 Å². The first-order valence-corrected chi connectivity index (χ1v) is 11.2. The van der Waals surface area contributed by atoms with Gasteiger partial charge >= 0.3 is 0 Å². The Morgan fingerprint density at radius 1 is 1.10 bits per heavy atom. The molecule has 1 aliphatic carbocycles. The Kier molecular flexibility index (Phi) is 5.50. The highest BCUT2D eigenvalue weighted by Crippen LogP contribution is 2.42. The van der Waals surface area contributed by atoms with Gasteiger partial charge in [0.2, 0.25) is 5.91 Å². The SMILES string of the molecule is O=C(CSc1nnc(-c2ccc3c(c2)OCCCO3)n1C1CC1)Nc1ccc(F)cc1. The molecule has 0 unspecified atom stereocenters. The zero-order chi connectivity index (χ0) is 21.2.